The summed E-state index contributed by atoms with van der Waals surface area (Å²) >= 11 is 0. The molecule has 0 aromatic carbocycles. The fourth-order valence-corrected chi connectivity index (χ4v) is 6.72. The molecule has 1 aromatic heterocycles. The van der Waals surface area contributed by atoms with Gasteiger partial charge in [0.25, 0.3) is 0 Å². The van der Waals surface area contributed by atoms with Crippen molar-refractivity contribution in [3.8, 4) is 0 Å². The monoisotopic (exact) mass is 459 g/mol. The van der Waals surface area contributed by atoms with Gasteiger partial charge in [-0.05, 0) is 88.3 Å². The molecule has 0 amide bonds. The number of esters is 2. The van der Waals surface area contributed by atoms with E-state index in [1.54, 1.807) is 6.26 Å². The molecular weight excluding hydrogens is 418 g/mol. The van der Waals surface area contributed by atoms with E-state index in [1.807, 2.05) is 24.9 Å². The van der Waals surface area contributed by atoms with Gasteiger partial charge in [0.2, 0.25) is 0 Å². The molecule has 0 bridgehead atoms. The molecule has 0 N–H and O–H groups in total. The van der Waals surface area contributed by atoms with Gasteiger partial charge in [0, 0.05) is 0 Å². The van der Waals surface area contributed by atoms with Crippen molar-refractivity contribution in [2.24, 2.45) is 22.7 Å². The second-order valence-electron chi connectivity index (χ2n) is 10.5. The molecule has 6 heteroatoms. The highest BCUT2D eigenvalue weighted by Crippen LogP contribution is 2.62. The molecule has 0 aliphatic heterocycles. The Morgan fingerprint density at radius 2 is 2.06 bits per heavy atom. The zero-order chi connectivity index (χ0) is 24.2. The van der Waals surface area contributed by atoms with Crippen molar-refractivity contribution in [1.82, 2.24) is 4.90 Å². The number of rotatable bonds is 9. The van der Waals surface area contributed by atoms with Gasteiger partial charge in [-0.1, -0.05) is 25.5 Å². The molecule has 33 heavy (non-hydrogen) atoms. The van der Waals surface area contributed by atoms with Crippen LogP contribution >= 0.6 is 0 Å². The van der Waals surface area contributed by atoms with Gasteiger partial charge < -0.3 is 13.9 Å². The van der Waals surface area contributed by atoms with Gasteiger partial charge in [0.15, 0.2) is 0 Å². The minimum Gasteiger partial charge on any atom is -0.469 e. The molecule has 0 saturated heterocycles. The third kappa shape index (κ3) is 5.21. The normalized spacial score (nSPS) is 29.6. The average molecular weight is 460 g/mol. The summed E-state index contributed by atoms with van der Waals surface area (Å²) in [4.78, 5) is 26.5. The van der Waals surface area contributed by atoms with Gasteiger partial charge >= 0.3 is 11.9 Å². The van der Waals surface area contributed by atoms with E-state index in [-0.39, 0.29) is 23.9 Å². The summed E-state index contributed by atoms with van der Waals surface area (Å²) in [6.07, 6.45) is 8.64. The molecule has 2 saturated carbocycles. The van der Waals surface area contributed by atoms with E-state index < -0.39 is 5.41 Å². The Bertz CT molecular complexity index is 860. The number of furan rings is 1. The number of likely N-dealkylation sites (N-methyl/N-ethyl adjacent to an activating group) is 1. The fourth-order valence-electron chi connectivity index (χ4n) is 6.72. The number of carbonyl (C=O) groups excluding carboxylic acids is 2. The van der Waals surface area contributed by atoms with Crippen LogP contribution in [0.25, 0.3) is 0 Å². The molecule has 1 heterocycles. The maximum atomic E-state index is 12.8. The van der Waals surface area contributed by atoms with Crippen molar-refractivity contribution in [1.29, 1.82) is 0 Å². The van der Waals surface area contributed by atoms with Crippen molar-refractivity contribution in [2.45, 2.75) is 72.3 Å². The number of carbonyl (C=O) groups is 2. The van der Waals surface area contributed by atoms with Crippen LogP contribution in [0, 0.1) is 22.7 Å². The number of ether oxygens (including phenoxy) is 2. The highest BCUT2D eigenvalue weighted by atomic mass is 16.5. The number of nitrogens with zero attached hydrogens (tertiary/aromatic N) is 1. The quantitative estimate of drug-likeness (QED) is 0.375. The first kappa shape index (κ1) is 25.5. The van der Waals surface area contributed by atoms with Crippen molar-refractivity contribution >= 4 is 11.9 Å². The first-order chi connectivity index (χ1) is 15.7. The summed E-state index contributed by atoms with van der Waals surface area (Å²) in [5.41, 5.74) is 2.11. The lowest BCUT2D eigenvalue weighted by molar-refractivity contribution is -0.168. The van der Waals surface area contributed by atoms with Gasteiger partial charge in [-0.25, -0.2) is 0 Å². The summed E-state index contributed by atoms with van der Waals surface area (Å²) in [5.74, 6) is 1.28. The predicted molar refractivity (Wildman–Crippen MR) is 127 cm³/mol. The maximum absolute atomic E-state index is 12.8. The van der Waals surface area contributed by atoms with E-state index >= 15 is 0 Å². The van der Waals surface area contributed by atoms with Crippen LogP contribution in [-0.4, -0.2) is 44.1 Å². The van der Waals surface area contributed by atoms with Gasteiger partial charge in [-0.3, -0.25) is 14.5 Å². The van der Waals surface area contributed by atoms with Crippen LogP contribution in [0.4, 0.5) is 0 Å². The summed E-state index contributed by atoms with van der Waals surface area (Å²) < 4.78 is 16.1. The molecule has 3 rings (SSSR count). The molecule has 1 aromatic rings. The molecule has 184 valence electrons. The van der Waals surface area contributed by atoms with E-state index in [1.165, 1.54) is 18.2 Å². The summed E-state index contributed by atoms with van der Waals surface area (Å²) in [5, 5.41) is 0. The standard InChI is InChI=1S/C27H41NO5/c1-7-32-24(29)18-28(5)17-22-20(13-16-33-22)10-11-21-19(2)9-12-23-26(21,3)14-8-15-27(23,4)25(30)31-6/h13,16,21,23H,2,7-12,14-15,17-18H2,1,3-6H3/t21-,23+,26-,27-/m0/s1. The zero-order valence-corrected chi connectivity index (χ0v) is 21.1. The fraction of sp³-hybridized carbons (Fsp3) is 0.704. The Labute approximate surface area is 198 Å². The number of hydrogen-bond donors (Lipinski definition) is 0. The Balaban J connectivity index is 1.71. The molecular formula is C27H41NO5. The number of hydrogen-bond acceptors (Lipinski definition) is 6. The minimum atomic E-state index is -0.419. The highest BCUT2D eigenvalue weighted by Gasteiger charge is 2.57. The van der Waals surface area contributed by atoms with E-state index in [2.05, 4.69) is 20.4 Å². The van der Waals surface area contributed by atoms with Crippen molar-refractivity contribution in [3.63, 3.8) is 0 Å². The predicted octanol–water partition coefficient (Wildman–Crippen LogP) is 5.16. The number of methoxy groups -OCH3 is 1. The minimum absolute atomic E-state index is 0.0428. The Morgan fingerprint density at radius 1 is 1.30 bits per heavy atom. The van der Waals surface area contributed by atoms with Crippen LogP contribution in [0.3, 0.4) is 0 Å². The summed E-state index contributed by atoms with van der Waals surface area (Å²) in [7, 11) is 3.41. The molecule has 2 fully saturated rings. The van der Waals surface area contributed by atoms with E-state index in [9.17, 15) is 9.59 Å². The smallest absolute Gasteiger partial charge is 0.320 e. The van der Waals surface area contributed by atoms with Gasteiger partial charge in [0.05, 0.1) is 38.5 Å². The van der Waals surface area contributed by atoms with Crippen molar-refractivity contribution in [3.05, 3.63) is 35.8 Å². The Hall–Kier alpha value is -2.08. The lowest BCUT2D eigenvalue weighted by atomic mass is 9.46. The van der Waals surface area contributed by atoms with Crippen LogP contribution in [-0.2, 0) is 32.0 Å². The lowest BCUT2D eigenvalue weighted by Crippen LogP contribution is -2.53. The number of allylic oxidation sites excluding steroid dienone is 1. The van der Waals surface area contributed by atoms with E-state index in [4.69, 9.17) is 13.9 Å². The zero-order valence-electron chi connectivity index (χ0n) is 21.1. The summed E-state index contributed by atoms with van der Waals surface area (Å²) in [6, 6.07) is 2.04. The second kappa shape index (κ2) is 10.5. The third-order valence-corrected chi connectivity index (χ3v) is 8.33. The third-order valence-electron chi connectivity index (χ3n) is 8.33. The van der Waals surface area contributed by atoms with Crippen LogP contribution in [0.15, 0.2) is 28.9 Å². The van der Waals surface area contributed by atoms with Crippen LogP contribution < -0.4 is 0 Å². The molecule has 0 unspecified atom stereocenters. The molecule has 4 atom stereocenters. The average Bonchev–Trinajstić information content (AvgIpc) is 3.19. The first-order valence-corrected chi connectivity index (χ1v) is 12.3. The Morgan fingerprint density at radius 3 is 2.76 bits per heavy atom. The second-order valence-corrected chi connectivity index (χ2v) is 10.5. The van der Waals surface area contributed by atoms with Crippen molar-refractivity contribution in [2.75, 3.05) is 27.3 Å². The van der Waals surface area contributed by atoms with Crippen LogP contribution in [0.5, 0.6) is 0 Å². The van der Waals surface area contributed by atoms with E-state index in [0.717, 1.165) is 50.7 Å². The molecule has 2 aliphatic rings. The molecule has 0 radical (unpaired) electrons. The Kier molecular flexibility index (Phi) is 8.09. The first-order valence-electron chi connectivity index (χ1n) is 12.3. The van der Waals surface area contributed by atoms with Gasteiger partial charge in [-0.15, -0.1) is 0 Å². The van der Waals surface area contributed by atoms with Gasteiger partial charge in [-0.2, -0.15) is 0 Å². The lowest BCUT2D eigenvalue weighted by Gasteiger charge is -2.57. The maximum Gasteiger partial charge on any atom is 0.320 e. The van der Waals surface area contributed by atoms with Gasteiger partial charge in [0.1, 0.15) is 5.76 Å². The summed E-state index contributed by atoms with van der Waals surface area (Å²) in [6.45, 7) is 11.9. The highest BCUT2D eigenvalue weighted by molar-refractivity contribution is 5.77. The van der Waals surface area contributed by atoms with Crippen LogP contribution in [0.2, 0.25) is 0 Å². The van der Waals surface area contributed by atoms with E-state index in [0.29, 0.717) is 25.0 Å². The number of aryl methyl sites for hydroxylation is 1. The molecule has 2 aliphatic carbocycles. The largest absolute Gasteiger partial charge is 0.469 e. The molecule has 6 nitrogen and oxygen atoms in total. The van der Waals surface area contributed by atoms with Crippen molar-refractivity contribution < 1.29 is 23.5 Å². The van der Waals surface area contributed by atoms with Crippen LogP contribution in [0.1, 0.15) is 70.6 Å². The topological polar surface area (TPSA) is 69.0 Å². The molecule has 0 spiro atoms. The SMILES string of the molecule is C=C1CC[C@@H]2[C@@](C)(CCC[C@]2(C)C(=O)OC)[C@H]1CCc1ccoc1CN(C)CC(=O)OCC. The number of fused-ring (bicyclic) bond motifs is 1.